The zero-order valence-electron chi connectivity index (χ0n) is 19.7. The minimum Gasteiger partial charge on any atom is -0.504 e. The van der Waals surface area contributed by atoms with Crippen LogP contribution in [0.1, 0.15) is 58.4 Å². The molecule has 0 bridgehead atoms. The van der Waals surface area contributed by atoms with Crippen LogP contribution in [0.2, 0.25) is 0 Å². The van der Waals surface area contributed by atoms with E-state index in [0.717, 1.165) is 31.2 Å². The number of furan rings is 1. The van der Waals surface area contributed by atoms with E-state index < -0.39 is 11.8 Å². The Kier molecular flexibility index (Phi) is 7.97. The van der Waals surface area contributed by atoms with E-state index in [-0.39, 0.29) is 29.0 Å². The Morgan fingerprint density at radius 3 is 2.73 bits per heavy atom. The molecule has 0 aliphatic carbocycles. The Labute approximate surface area is 194 Å². The van der Waals surface area contributed by atoms with Crippen LogP contribution in [0.3, 0.4) is 0 Å². The number of carbonyl (C=O) groups excluding carboxylic acids is 2. The summed E-state index contributed by atoms with van der Waals surface area (Å²) in [5.41, 5.74) is 3.04. The van der Waals surface area contributed by atoms with Gasteiger partial charge in [0.15, 0.2) is 11.5 Å². The van der Waals surface area contributed by atoms with Crippen LogP contribution in [-0.2, 0) is 30.2 Å². The number of aliphatic hydroxyl groups is 1. The first-order valence-corrected chi connectivity index (χ1v) is 11.2. The molecule has 1 aromatic heterocycles. The average molecular weight is 457 g/mol. The van der Waals surface area contributed by atoms with E-state index in [1.165, 1.54) is 12.7 Å². The number of cyclic esters (lactones) is 2. The van der Waals surface area contributed by atoms with Crippen LogP contribution < -0.4 is 0 Å². The largest absolute Gasteiger partial charge is 0.504 e. The van der Waals surface area contributed by atoms with E-state index in [4.69, 9.17) is 18.6 Å². The Balaban J connectivity index is 1.44. The fourth-order valence-electron chi connectivity index (χ4n) is 3.90. The SMILES string of the molecule is CO[C@]1(Cc2ccoc2)C=C(CCCC(C)=CCC[C@@H](C)/C=C2\OC(=O)C(C)=C2O)C(=O)O1. The fourth-order valence-corrected chi connectivity index (χ4v) is 3.90. The van der Waals surface area contributed by atoms with Crippen LogP contribution in [0.25, 0.3) is 0 Å². The van der Waals surface area contributed by atoms with Crippen molar-refractivity contribution < 1.29 is 33.3 Å². The standard InChI is InChI=1S/C26H32O7/c1-17(7-5-9-18(2)13-22-23(27)19(3)24(28)32-22)8-6-10-21-15-26(30-4,33-25(21)29)14-20-11-12-31-16-20/h7,11-13,15-16,18,27H,5-6,8-10,14H2,1-4H3/b17-7?,22-13-/t18-,26+/m1/s1. The van der Waals surface area contributed by atoms with Gasteiger partial charge in [0.1, 0.15) is 0 Å². The third-order valence-corrected chi connectivity index (χ3v) is 5.96. The summed E-state index contributed by atoms with van der Waals surface area (Å²) < 4.78 is 21.2. The number of methoxy groups -OCH3 is 1. The van der Waals surface area contributed by atoms with Crippen molar-refractivity contribution in [1.82, 2.24) is 0 Å². The van der Waals surface area contributed by atoms with Crippen LogP contribution in [0.15, 0.2) is 69.5 Å². The highest BCUT2D eigenvalue weighted by Gasteiger charge is 2.40. The molecule has 0 spiro atoms. The van der Waals surface area contributed by atoms with E-state index in [2.05, 4.69) is 13.0 Å². The molecule has 3 heterocycles. The van der Waals surface area contributed by atoms with Gasteiger partial charge in [0.25, 0.3) is 0 Å². The molecule has 3 rings (SSSR count). The predicted octanol–water partition coefficient (Wildman–Crippen LogP) is 5.45. The maximum atomic E-state index is 12.3. The van der Waals surface area contributed by atoms with Crippen molar-refractivity contribution in [3.63, 3.8) is 0 Å². The number of esters is 2. The number of hydrogen-bond acceptors (Lipinski definition) is 7. The number of rotatable bonds is 11. The Bertz CT molecular complexity index is 994. The first-order valence-electron chi connectivity index (χ1n) is 11.2. The topological polar surface area (TPSA) is 95.2 Å². The normalized spacial score (nSPS) is 23.2. The van der Waals surface area contributed by atoms with Gasteiger partial charge in [-0.05, 0) is 75.7 Å². The lowest BCUT2D eigenvalue weighted by molar-refractivity contribution is -0.188. The lowest BCUT2D eigenvalue weighted by Gasteiger charge is -2.23. The van der Waals surface area contributed by atoms with Crippen molar-refractivity contribution >= 4 is 11.9 Å². The molecule has 178 valence electrons. The molecular formula is C26H32O7. The summed E-state index contributed by atoms with van der Waals surface area (Å²) in [6.45, 7) is 5.65. The lowest BCUT2D eigenvalue weighted by atomic mass is 10.00. The molecule has 1 N–H and O–H groups in total. The minimum atomic E-state index is -1.07. The molecule has 0 amide bonds. The molecule has 7 heteroatoms. The van der Waals surface area contributed by atoms with Crippen molar-refractivity contribution in [3.05, 3.63) is 70.6 Å². The zero-order valence-corrected chi connectivity index (χ0v) is 19.7. The predicted molar refractivity (Wildman–Crippen MR) is 122 cm³/mol. The smallest absolute Gasteiger partial charge is 0.343 e. The maximum absolute atomic E-state index is 12.3. The van der Waals surface area contributed by atoms with E-state index in [9.17, 15) is 14.7 Å². The molecule has 0 unspecified atom stereocenters. The van der Waals surface area contributed by atoms with Crippen molar-refractivity contribution in [1.29, 1.82) is 0 Å². The van der Waals surface area contributed by atoms with Crippen LogP contribution >= 0.6 is 0 Å². The van der Waals surface area contributed by atoms with Gasteiger partial charge < -0.3 is 23.7 Å². The summed E-state index contributed by atoms with van der Waals surface area (Å²) in [6.07, 6.45) is 13.5. The molecule has 0 fully saturated rings. The van der Waals surface area contributed by atoms with Gasteiger partial charge in [0.2, 0.25) is 5.79 Å². The molecule has 0 aromatic carbocycles. The number of allylic oxidation sites excluding steroid dienone is 3. The van der Waals surface area contributed by atoms with Gasteiger partial charge in [0, 0.05) is 19.1 Å². The van der Waals surface area contributed by atoms with Crippen molar-refractivity contribution in [2.45, 2.75) is 65.1 Å². The number of carbonyl (C=O) groups is 2. The summed E-state index contributed by atoms with van der Waals surface area (Å²) in [5, 5.41) is 9.91. The van der Waals surface area contributed by atoms with E-state index in [1.54, 1.807) is 31.6 Å². The second-order valence-corrected chi connectivity index (χ2v) is 8.74. The molecule has 2 atom stereocenters. The summed E-state index contributed by atoms with van der Waals surface area (Å²) in [5.74, 6) is -1.55. The quantitative estimate of drug-likeness (QED) is 0.349. The van der Waals surface area contributed by atoms with Gasteiger partial charge in [-0.3, -0.25) is 0 Å². The third kappa shape index (κ3) is 6.26. The van der Waals surface area contributed by atoms with Crippen molar-refractivity contribution in [3.8, 4) is 0 Å². The van der Waals surface area contributed by atoms with Gasteiger partial charge in [0.05, 0.1) is 18.1 Å². The highest BCUT2D eigenvalue weighted by molar-refractivity contribution is 5.93. The van der Waals surface area contributed by atoms with Crippen LogP contribution in [0.5, 0.6) is 0 Å². The molecule has 0 saturated heterocycles. The van der Waals surface area contributed by atoms with Crippen molar-refractivity contribution in [2.24, 2.45) is 5.92 Å². The van der Waals surface area contributed by atoms with Crippen LogP contribution in [0, 0.1) is 5.92 Å². The van der Waals surface area contributed by atoms with Gasteiger partial charge in [-0.25, -0.2) is 9.59 Å². The summed E-state index contributed by atoms with van der Waals surface area (Å²) in [4.78, 5) is 23.8. The fraction of sp³-hybridized carbons (Fsp3) is 0.462. The highest BCUT2D eigenvalue weighted by atomic mass is 16.7. The second-order valence-electron chi connectivity index (χ2n) is 8.74. The monoisotopic (exact) mass is 456 g/mol. The minimum absolute atomic E-state index is 0.0689. The third-order valence-electron chi connectivity index (χ3n) is 5.96. The summed E-state index contributed by atoms with van der Waals surface area (Å²) in [6, 6.07) is 1.83. The molecular weight excluding hydrogens is 424 g/mol. The van der Waals surface area contributed by atoms with E-state index in [1.807, 2.05) is 13.0 Å². The highest BCUT2D eigenvalue weighted by Crippen LogP contribution is 2.32. The Morgan fingerprint density at radius 1 is 1.30 bits per heavy atom. The molecule has 0 saturated carbocycles. The molecule has 1 aromatic rings. The molecule has 7 nitrogen and oxygen atoms in total. The molecule has 2 aliphatic rings. The van der Waals surface area contributed by atoms with Gasteiger partial charge in [-0.15, -0.1) is 0 Å². The number of ether oxygens (including phenoxy) is 3. The van der Waals surface area contributed by atoms with E-state index >= 15 is 0 Å². The average Bonchev–Trinajstić information content (AvgIpc) is 3.45. The van der Waals surface area contributed by atoms with Gasteiger partial charge in [-0.1, -0.05) is 18.6 Å². The molecule has 33 heavy (non-hydrogen) atoms. The maximum Gasteiger partial charge on any atom is 0.343 e. The molecule has 0 radical (unpaired) electrons. The van der Waals surface area contributed by atoms with Crippen LogP contribution in [0.4, 0.5) is 0 Å². The van der Waals surface area contributed by atoms with Gasteiger partial charge >= 0.3 is 11.9 Å². The summed E-state index contributed by atoms with van der Waals surface area (Å²) >= 11 is 0. The Morgan fingerprint density at radius 2 is 2.09 bits per heavy atom. The Hall–Kier alpha value is -3.06. The van der Waals surface area contributed by atoms with Gasteiger partial charge in [-0.2, -0.15) is 0 Å². The second kappa shape index (κ2) is 10.7. The summed E-state index contributed by atoms with van der Waals surface area (Å²) in [7, 11) is 1.53. The number of hydrogen-bond donors (Lipinski definition) is 1. The molecule has 2 aliphatic heterocycles. The first kappa shape index (κ1) is 24.6. The van der Waals surface area contributed by atoms with Crippen molar-refractivity contribution in [2.75, 3.05) is 7.11 Å². The number of aliphatic hydroxyl groups excluding tert-OH is 1. The van der Waals surface area contributed by atoms with E-state index in [0.29, 0.717) is 18.4 Å². The zero-order chi connectivity index (χ0) is 24.0. The lowest BCUT2D eigenvalue weighted by Crippen LogP contribution is -2.33. The first-order chi connectivity index (χ1) is 15.7. The van der Waals surface area contributed by atoms with Crippen LogP contribution in [-0.4, -0.2) is 29.9 Å².